The molecule has 0 aromatic carbocycles. The molecule has 146 valence electrons. The molecule has 1 aliphatic rings. The number of hydrogen-bond acceptors (Lipinski definition) is 7. The Kier molecular flexibility index (Phi) is 6.83. The third-order valence-electron chi connectivity index (χ3n) is 4.30. The highest BCUT2D eigenvalue weighted by molar-refractivity contribution is 7.13. The minimum absolute atomic E-state index is 0.519. The van der Waals surface area contributed by atoms with Gasteiger partial charge in [0, 0.05) is 56.6 Å². The number of piperazine rings is 1. The number of thiazole rings is 1. The van der Waals surface area contributed by atoms with Crippen molar-refractivity contribution in [2.24, 2.45) is 10.7 Å². The van der Waals surface area contributed by atoms with Crippen molar-refractivity contribution in [3.8, 4) is 5.88 Å². The molecule has 1 aliphatic heterocycles. The molecule has 0 aliphatic carbocycles. The number of rotatable bonds is 7. The van der Waals surface area contributed by atoms with Crippen molar-refractivity contribution in [3.63, 3.8) is 0 Å². The van der Waals surface area contributed by atoms with E-state index in [9.17, 15) is 0 Å². The molecule has 0 amide bonds. The first-order chi connectivity index (χ1) is 13.1. The molecule has 1 saturated heterocycles. The average molecular weight is 390 g/mol. The molecule has 8 nitrogen and oxygen atoms in total. The average Bonchev–Trinajstić information content (AvgIpc) is 3.21. The molecule has 27 heavy (non-hydrogen) atoms. The van der Waals surface area contributed by atoms with Crippen molar-refractivity contribution in [2.75, 3.05) is 58.3 Å². The van der Waals surface area contributed by atoms with E-state index in [0.29, 0.717) is 25.0 Å². The van der Waals surface area contributed by atoms with E-state index in [0.717, 1.165) is 43.4 Å². The molecule has 0 unspecified atom stereocenters. The Hall–Kier alpha value is -2.39. The zero-order chi connectivity index (χ0) is 19.1. The fraction of sp³-hybridized carbons (Fsp3) is 0.500. The van der Waals surface area contributed by atoms with Crippen LogP contribution < -0.4 is 15.4 Å². The van der Waals surface area contributed by atoms with Gasteiger partial charge in [0.05, 0.1) is 6.54 Å². The van der Waals surface area contributed by atoms with Crippen LogP contribution in [0.4, 0.5) is 5.13 Å². The third kappa shape index (κ3) is 5.80. The number of aliphatic imine (C=N–C) groups is 1. The number of likely N-dealkylation sites (N-methyl/N-ethyl adjacent to an activating group) is 1. The van der Waals surface area contributed by atoms with E-state index < -0.39 is 0 Å². The van der Waals surface area contributed by atoms with Crippen LogP contribution in [0.2, 0.25) is 0 Å². The molecule has 2 N–H and O–H groups in total. The summed E-state index contributed by atoms with van der Waals surface area (Å²) in [5.41, 5.74) is 7.24. The fourth-order valence-corrected chi connectivity index (χ4v) is 3.43. The Labute approximate surface area is 164 Å². The van der Waals surface area contributed by atoms with E-state index in [1.165, 1.54) is 0 Å². The van der Waals surface area contributed by atoms with Crippen molar-refractivity contribution in [1.29, 1.82) is 0 Å². The first-order valence-corrected chi connectivity index (χ1v) is 9.91. The summed E-state index contributed by atoms with van der Waals surface area (Å²) in [5.74, 6) is 1.21. The lowest BCUT2D eigenvalue weighted by atomic mass is 10.3. The summed E-state index contributed by atoms with van der Waals surface area (Å²) in [4.78, 5) is 19.6. The third-order valence-corrected chi connectivity index (χ3v) is 5.14. The van der Waals surface area contributed by atoms with Gasteiger partial charge < -0.3 is 25.2 Å². The molecule has 0 bridgehead atoms. The predicted octanol–water partition coefficient (Wildman–Crippen LogP) is 1.12. The van der Waals surface area contributed by atoms with Gasteiger partial charge >= 0.3 is 0 Å². The number of nitrogens with two attached hydrogens (primary N) is 1. The van der Waals surface area contributed by atoms with Gasteiger partial charge in [-0.25, -0.2) is 15.0 Å². The molecule has 1 fully saturated rings. The van der Waals surface area contributed by atoms with Gasteiger partial charge in [0.1, 0.15) is 6.61 Å². The number of aromatic nitrogens is 2. The molecule has 9 heteroatoms. The molecule has 2 aromatic rings. The number of ether oxygens (including phenoxy) is 1. The molecule has 0 spiro atoms. The molecule has 3 heterocycles. The zero-order valence-corrected chi connectivity index (χ0v) is 16.7. The second kappa shape index (κ2) is 9.52. The highest BCUT2D eigenvalue weighted by Gasteiger charge is 2.19. The van der Waals surface area contributed by atoms with Crippen LogP contribution in [-0.2, 0) is 6.54 Å². The summed E-state index contributed by atoms with van der Waals surface area (Å²) >= 11 is 1.67. The van der Waals surface area contributed by atoms with E-state index in [1.807, 2.05) is 37.8 Å². The van der Waals surface area contributed by atoms with Gasteiger partial charge in [-0.05, 0) is 25.7 Å². The van der Waals surface area contributed by atoms with Crippen LogP contribution in [0, 0.1) is 0 Å². The maximum absolute atomic E-state index is 6.20. The van der Waals surface area contributed by atoms with E-state index in [4.69, 9.17) is 10.5 Å². The largest absolute Gasteiger partial charge is 0.476 e. The molecule has 2 aromatic heterocycles. The summed E-state index contributed by atoms with van der Waals surface area (Å²) in [5, 5.41) is 3.08. The molecule has 0 saturated carbocycles. The van der Waals surface area contributed by atoms with Gasteiger partial charge in [0.15, 0.2) is 11.1 Å². The van der Waals surface area contributed by atoms with Crippen LogP contribution in [0.15, 0.2) is 34.9 Å². The number of guanidine groups is 1. The monoisotopic (exact) mass is 389 g/mol. The standard InChI is InChI=1S/C18H27N7OS/c1-23(2)10-11-26-16-13-15(3-4-20-16)14-22-17(19)24-6-8-25(9-7-24)18-21-5-12-27-18/h3-5,12-13H,6-11,14H2,1-2H3,(H2,19,22). The minimum atomic E-state index is 0.519. The summed E-state index contributed by atoms with van der Waals surface area (Å²) in [6, 6.07) is 3.86. The minimum Gasteiger partial charge on any atom is -0.476 e. The van der Waals surface area contributed by atoms with Gasteiger partial charge in [0.2, 0.25) is 5.88 Å². The normalized spacial score (nSPS) is 15.4. The molecule has 0 atom stereocenters. The summed E-state index contributed by atoms with van der Waals surface area (Å²) in [6.07, 6.45) is 3.59. The maximum atomic E-state index is 6.20. The van der Waals surface area contributed by atoms with Crippen molar-refractivity contribution < 1.29 is 4.74 Å². The van der Waals surface area contributed by atoms with E-state index in [-0.39, 0.29) is 0 Å². The molecule has 3 rings (SSSR count). The Bertz CT molecular complexity index is 727. The predicted molar refractivity (Wildman–Crippen MR) is 110 cm³/mol. The topological polar surface area (TPSA) is 83.1 Å². The molecular formula is C18H27N7OS. The van der Waals surface area contributed by atoms with Crippen LogP contribution in [-0.4, -0.2) is 79.2 Å². The highest BCUT2D eigenvalue weighted by Crippen LogP contribution is 2.18. The lowest BCUT2D eigenvalue weighted by Gasteiger charge is -2.35. The van der Waals surface area contributed by atoms with Gasteiger partial charge in [0.25, 0.3) is 0 Å². The van der Waals surface area contributed by atoms with Crippen molar-refractivity contribution in [1.82, 2.24) is 19.8 Å². The van der Waals surface area contributed by atoms with Crippen LogP contribution >= 0.6 is 11.3 Å². The van der Waals surface area contributed by atoms with Crippen molar-refractivity contribution in [2.45, 2.75) is 6.54 Å². The van der Waals surface area contributed by atoms with E-state index in [2.05, 4.69) is 29.7 Å². The lowest BCUT2D eigenvalue weighted by molar-refractivity contribution is 0.253. The van der Waals surface area contributed by atoms with E-state index in [1.54, 1.807) is 17.5 Å². The number of hydrogen-bond donors (Lipinski definition) is 1. The van der Waals surface area contributed by atoms with Gasteiger partial charge in [-0.15, -0.1) is 11.3 Å². The van der Waals surface area contributed by atoms with Gasteiger partial charge in [-0.3, -0.25) is 0 Å². The van der Waals surface area contributed by atoms with Gasteiger partial charge in [-0.2, -0.15) is 0 Å². The smallest absolute Gasteiger partial charge is 0.213 e. The van der Waals surface area contributed by atoms with Crippen molar-refractivity contribution in [3.05, 3.63) is 35.5 Å². The molecule has 0 radical (unpaired) electrons. The summed E-state index contributed by atoms with van der Waals surface area (Å²) < 4.78 is 5.67. The number of nitrogens with zero attached hydrogens (tertiary/aromatic N) is 6. The lowest BCUT2D eigenvalue weighted by Crippen LogP contribution is -2.51. The van der Waals surface area contributed by atoms with Crippen LogP contribution in [0.1, 0.15) is 5.56 Å². The number of pyridine rings is 1. The maximum Gasteiger partial charge on any atom is 0.213 e. The van der Waals surface area contributed by atoms with Crippen LogP contribution in [0.3, 0.4) is 0 Å². The Morgan fingerprint density at radius 2 is 2.07 bits per heavy atom. The highest BCUT2D eigenvalue weighted by atomic mass is 32.1. The van der Waals surface area contributed by atoms with Crippen LogP contribution in [0.5, 0.6) is 5.88 Å². The molecular weight excluding hydrogens is 362 g/mol. The SMILES string of the molecule is CN(C)CCOc1cc(CN=C(N)N2CCN(c3nccs3)CC2)ccn1. The second-order valence-electron chi connectivity index (χ2n) is 6.62. The summed E-state index contributed by atoms with van der Waals surface area (Å²) in [7, 11) is 4.03. The quantitative estimate of drug-likeness (QED) is 0.561. The Morgan fingerprint density at radius 1 is 1.26 bits per heavy atom. The first-order valence-electron chi connectivity index (χ1n) is 9.03. The Balaban J connectivity index is 1.49. The first kappa shape index (κ1) is 19.4. The number of anilines is 1. The summed E-state index contributed by atoms with van der Waals surface area (Å²) in [6.45, 7) is 5.49. The second-order valence-corrected chi connectivity index (χ2v) is 7.49. The van der Waals surface area contributed by atoms with E-state index >= 15 is 0 Å². The fourth-order valence-electron chi connectivity index (χ4n) is 2.73. The van der Waals surface area contributed by atoms with Crippen LogP contribution in [0.25, 0.3) is 0 Å². The Morgan fingerprint density at radius 3 is 2.78 bits per heavy atom. The van der Waals surface area contributed by atoms with Crippen molar-refractivity contribution >= 4 is 22.4 Å². The zero-order valence-electron chi connectivity index (χ0n) is 15.9. The van der Waals surface area contributed by atoms with Gasteiger partial charge in [-0.1, -0.05) is 0 Å².